The lowest BCUT2D eigenvalue weighted by atomic mass is 10.1. The van der Waals surface area contributed by atoms with E-state index in [4.69, 9.17) is 9.47 Å². The van der Waals surface area contributed by atoms with Crippen LogP contribution < -0.4 is 9.47 Å². The number of ketones is 1. The summed E-state index contributed by atoms with van der Waals surface area (Å²) in [4.78, 5) is 11.2. The standard InChI is InChI=1S/C9H8O4/c1-12-5-2-6(10)9-7(11)4-13-8(9)3-5/h2-3,10H,4H2,1H3. The molecular weight excluding hydrogens is 172 g/mol. The van der Waals surface area contributed by atoms with Gasteiger partial charge in [0.2, 0.25) is 5.78 Å². The van der Waals surface area contributed by atoms with Crippen molar-refractivity contribution in [2.75, 3.05) is 13.7 Å². The van der Waals surface area contributed by atoms with Crippen LogP contribution in [0, 0.1) is 0 Å². The molecule has 1 aliphatic heterocycles. The molecule has 0 saturated heterocycles. The van der Waals surface area contributed by atoms with E-state index >= 15 is 0 Å². The first-order valence-electron chi connectivity index (χ1n) is 3.79. The fourth-order valence-corrected chi connectivity index (χ4v) is 1.30. The Kier molecular flexibility index (Phi) is 1.62. The molecule has 1 heterocycles. The quantitative estimate of drug-likeness (QED) is 0.699. The molecule has 0 atom stereocenters. The van der Waals surface area contributed by atoms with E-state index in [0.717, 1.165) is 0 Å². The zero-order valence-electron chi connectivity index (χ0n) is 7.03. The van der Waals surface area contributed by atoms with Gasteiger partial charge in [0.25, 0.3) is 0 Å². The van der Waals surface area contributed by atoms with Crippen molar-refractivity contribution in [3.05, 3.63) is 17.7 Å². The largest absolute Gasteiger partial charge is 0.507 e. The summed E-state index contributed by atoms with van der Waals surface area (Å²) in [6.07, 6.45) is 0. The van der Waals surface area contributed by atoms with Gasteiger partial charge < -0.3 is 14.6 Å². The van der Waals surface area contributed by atoms with Crippen molar-refractivity contribution in [2.45, 2.75) is 0 Å². The summed E-state index contributed by atoms with van der Waals surface area (Å²) in [7, 11) is 1.48. The number of hydrogen-bond acceptors (Lipinski definition) is 4. The fourth-order valence-electron chi connectivity index (χ4n) is 1.30. The van der Waals surface area contributed by atoms with Crippen molar-refractivity contribution in [1.82, 2.24) is 0 Å². The molecule has 0 spiro atoms. The lowest BCUT2D eigenvalue weighted by molar-refractivity contribution is 0.0959. The Balaban J connectivity index is 2.59. The highest BCUT2D eigenvalue weighted by Crippen LogP contribution is 2.36. The van der Waals surface area contributed by atoms with E-state index in [1.807, 2.05) is 0 Å². The van der Waals surface area contributed by atoms with Gasteiger partial charge in [0, 0.05) is 12.1 Å². The highest BCUT2D eigenvalue weighted by Gasteiger charge is 2.25. The van der Waals surface area contributed by atoms with Crippen LogP contribution in [-0.2, 0) is 0 Å². The molecule has 0 saturated carbocycles. The van der Waals surface area contributed by atoms with E-state index in [9.17, 15) is 9.90 Å². The van der Waals surface area contributed by atoms with Crippen LogP contribution in [0.4, 0.5) is 0 Å². The summed E-state index contributed by atoms with van der Waals surface area (Å²) in [5.74, 6) is 0.583. The number of rotatable bonds is 1. The Hall–Kier alpha value is -1.71. The van der Waals surface area contributed by atoms with Crippen molar-refractivity contribution in [3.63, 3.8) is 0 Å². The maximum Gasteiger partial charge on any atom is 0.207 e. The van der Waals surface area contributed by atoms with Gasteiger partial charge in [0.1, 0.15) is 22.8 Å². The van der Waals surface area contributed by atoms with Crippen LogP contribution in [0.1, 0.15) is 10.4 Å². The van der Waals surface area contributed by atoms with Crippen LogP contribution >= 0.6 is 0 Å². The number of phenolic OH excluding ortho intramolecular Hbond substituents is 1. The second-order valence-electron chi connectivity index (χ2n) is 2.73. The average Bonchev–Trinajstić information content (AvgIpc) is 2.48. The van der Waals surface area contributed by atoms with E-state index in [1.165, 1.54) is 13.2 Å². The minimum Gasteiger partial charge on any atom is -0.507 e. The van der Waals surface area contributed by atoms with Gasteiger partial charge in [-0.25, -0.2) is 0 Å². The van der Waals surface area contributed by atoms with Crippen LogP contribution in [0.25, 0.3) is 0 Å². The molecule has 2 rings (SSSR count). The van der Waals surface area contributed by atoms with E-state index in [1.54, 1.807) is 6.07 Å². The van der Waals surface area contributed by atoms with Gasteiger partial charge in [0.05, 0.1) is 7.11 Å². The molecule has 0 aromatic heterocycles. The average molecular weight is 180 g/mol. The lowest BCUT2D eigenvalue weighted by Crippen LogP contribution is -1.99. The minimum absolute atomic E-state index is 0.00391. The smallest absolute Gasteiger partial charge is 0.207 e. The normalized spacial score (nSPS) is 13.8. The zero-order valence-corrected chi connectivity index (χ0v) is 7.03. The number of phenols is 1. The van der Waals surface area contributed by atoms with Crippen molar-refractivity contribution >= 4 is 5.78 Å². The second kappa shape index (κ2) is 2.65. The SMILES string of the molecule is COc1cc(O)c2c(c1)OCC2=O. The number of hydrogen-bond donors (Lipinski definition) is 1. The Morgan fingerprint density at radius 2 is 2.31 bits per heavy atom. The molecule has 0 amide bonds. The number of Topliss-reactive ketones (excluding diaryl/α,β-unsaturated/α-hetero) is 1. The number of benzene rings is 1. The van der Waals surface area contributed by atoms with E-state index in [-0.39, 0.29) is 23.7 Å². The summed E-state index contributed by atoms with van der Waals surface area (Å²) >= 11 is 0. The predicted octanol–water partition coefficient (Wildman–Crippen LogP) is 0.976. The second-order valence-corrected chi connectivity index (χ2v) is 2.73. The first kappa shape index (κ1) is 7.91. The Bertz CT molecular complexity index is 370. The summed E-state index contributed by atoms with van der Waals surface area (Å²) in [5, 5.41) is 9.43. The van der Waals surface area contributed by atoms with Crippen LogP contribution in [0.2, 0.25) is 0 Å². The van der Waals surface area contributed by atoms with Gasteiger partial charge >= 0.3 is 0 Å². The molecular formula is C9H8O4. The van der Waals surface area contributed by atoms with E-state index in [0.29, 0.717) is 11.5 Å². The molecule has 0 radical (unpaired) electrons. The Labute approximate surface area is 74.7 Å². The van der Waals surface area contributed by atoms with Crippen molar-refractivity contribution in [3.8, 4) is 17.2 Å². The molecule has 4 heteroatoms. The Morgan fingerprint density at radius 3 is 3.00 bits per heavy atom. The topological polar surface area (TPSA) is 55.8 Å². The molecule has 1 aromatic rings. The van der Waals surface area contributed by atoms with Gasteiger partial charge in [-0.05, 0) is 0 Å². The molecule has 1 aromatic carbocycles. The molecule has 1 aliphatic rings. The number of carbonyl (C=O) groups excluding carboxylic acids is 1. The highest BCUT2D eigenvalue weighted by atomic mass is 16.5. The number of ether oxygens (including phenoxy) is 2. The van der Waals surface area contributed by atoms with Crippen molar-refractivity contribution in [1.29, 1.82) is 0 Å². The summed E-state index contributed by atoms with van der Waals surface area (Å²) < 4.78 is 9.95. The van der Waals surface area contributed by atoms with Crippen molar-refractivity contribution in [2.24, 2.45) is 0 Å². The van der Waals surface area contributed by atoms with Gasteiger partial charge in [-0.1, -0.05) is 0 Å². The zero-order chi connectivity index (χ0) is 9.42. The maximum atomic E-state index is 11.2. The van der Waals surface area contributed by atoms with Crippen LogP contribution in [-0.4, -0.2) is 24.6 Å². The molecule has 68 valence electrons. The molecule has 0 aliphatic carbocycles. The molecule has 0 bridgehead atoms. The van der Waals surface area contributed by atoms with Crippen LogP contribution in [0.5, 0.6) is 17.2 Å². The monoisotopic (exact) mass is 180 g/mol. The van der Waals surface area contributed by atoms with E-state index in [2.05, 4.69) is 0 Å². The summed E-state index contributed by atoms with van der Waals surface area (Å²) in [5.41, 5.74) is 0.251. The van der Waals surface area contributed by atoms with Crippen LogP contribution in [0.3, 0.4) is 0 Å². The first-order chi connectivity index (χ1) is 6.22. The third-order valence-corrected chi connectivity index (χ3v) is 1.93. The predicted molar refractivity (Wildman–Crippen MR) is 44.5 cm³/mol. The van der Waals surface area contributed by atoms with Gasteiger partial charge in [0.15, 0.2) is 6.61 Å². The summed E-state index contributed by atoms with van der Waals surface area (Å²) in [6, 6.07) is 2.98. The number of carbonyl (C=O) groups is 1. The Morgan fingerprint density at radius 1 is 1.54 bits per heavy atom. The van der Waals surface area contributed by atoms with Crippen molar-refractivity contribution < 1.29 is 19.4 Å². The number of methoxy groups -OCH3 is 1. The number of fused-ring (bicyclic) bond motifs is 1. The van der Waals surface area contributed by atoms with Gasteiger partial charge in [-0.2, -0.15) is 0 Å². The molecule has 13 heavy (non-hydrogen) atoms. The highest BCUT2D eigenvalue weighted by molar-refractivity contribution is 6.04. The van der Waals surface area contributed by atoms with Gasteiger partial charge in [-0.15, -0.1) is 0 Å². The third kappa shape index (κ3) is 1.11. The maximum absolute atomic E-state index is 11.2. The molecule has 0 unspecified atom stereocenters. The first-order valence-corrected chi connectivity index (χ1v) is 3.79. The van der Waals surface area contributed by atoms with E-state index < -0.39 is 0 Å². The summed E-state index contributed by atoms with van der Waals surface area (Å²) in [6.45, 7) is -0.00391. The molecule has 0 fully saturated rings. The molecule has 1 N–H and O–H groups in total. The van der Waals surface area contributed by atoms with Gasteiger partial charge in [-0.3, -0.25) is 4.79 Å². The fraction of sp³-hybridized carbons (Fsp3) is 0.222. The third-order valence-electron chi connectivity index (χ3n) is 1.93. The number of aromatic hydroxyl groups is 1. The van der Waals surface area contributed by atoms with Crippen LogP contribution in [0.15, 0.2) is 12.1 Å². The molecule has 4 nitrogen and oxygen atoms in total. The lowest BCUT2D eigenvalue weighted by Gasteiger charge is -2.03. The minimum atomic E-state index is -0.199.